The maximum atomic E-state index is 9.63. The summed E-state index contributed by atoms with van der Waals surface area (Å²) >= 11 is 0. The standard InChI is InChI=1S/C11H24O2/c1-9(13-5)8-10(12)6-7-11(2,3)4/h9-10,12H,6-8H2,1-5H3. The first-order valence-corrected chi connectivity index (χ1v) is 5.06. The molecule has 1 N–H and O–H groups in total. The van der Waals surface area contributed by atoms with Gasteiger partial charge in [0, 0.05) is 7.11 Å². The fourth-order valence-corrected chi connectivity index (χ4v) is 1.20. The topological polar surface area (TPSA) is 29.5 Å². The Morgan fingerprint density at radius 1 is 1.31 bits per heavy atom. The zero-order valence-corrected chi connectivity index (χ0v) is 9.63. The first-order valence-electron chi connectivity index (χ1n) is 5.06. The summed E-state index contributed by atoms with van der Waals surface area (Å²) in [6, 6.07) is 0. The molecule has 2 unspecified atom stereocenters. The molecule has 0 amide bonds. The van der Waals surface area contributed by atoms with Gasteiger partial charge in [-0.2, -0.15) is 0 Å². The Labute approximate surface area is 82.3 Å². The van der Waals surface area contributed by atoms with Crippen molar-refractivity contribution in [2.24, 2.45) is 5.41 Å². The van der Waals surface area contributed by atoms with Crippen LogP contribution in [0, 0.1) is 5.41 Å². The molecule has 80 valence electrons. The first-order chi connectivity index (χ1) is 5.85. The molecule has 0 heterocycles. The van der Waals surface area contributed by atoms with Gasteiger partial charge in [-0.3, -0.25) is 0 Å². The molecule has 0 aromatic carbocycles. The summed E-state index contributed by atoms with van der Waals surface area (Å²) in [6.45, 7) is 8.57. The number of hydrogen-bond acceptors (Lipinski definition) is 2. The Morgan fingerprint density at radius 3 is 2.23 bits per heavy atom. The molecule has 0 radical (unpaired) electrons. The van der Waals surface area contributed by atoms with E-state index >= 15 is 0 Å². The largest absolute Gasteiger partial charge is 0.393 e. The molecule has 0 aliphatic carbocycles. The monoisotopic (exact) mass is 188 g/mol. The molecule has 13 heavy (non-hydrogen) atoms. The van der Waals surface area contributed by atoms with Crippen molar-refractivity contribution in [3.63, 3.8) is 0 Å². The number of aliphatic hydroxyl groups excluding tert-OH is 1. The van der Waals surface area contributed by atoms with E-state index in [1.165, 1.54) is 0 Å². The third-order valence-corrected chi connectivity index (χ3v) is 2.23. The van der Waals surface area contributed by atoms with Crippen LogP contribution in [0.5, 0.6) is 0 Å². The van der Waals surface area contributed by atoms with E-state index in [0.29, 0.717) is 5.41 Å². The Hall–Kier alpha value is -0.0800. The predicted molar refractivity (Wildman–Crippen MR) is 55.8 cm³/mol. The SMILES string of the molecule is COC(C)CC(O)CCC(C)(C)C. The zero-order valence-electron chi connectivity index (χ0n) is 9.63. The second-order valence-corrected chi connectivity index (χ2v) is 5.04. The molecule has 2 heteroatoms. The van der Waals surface area contributed by atoms with Crippen molar-refractivity contribution in [1.82, 2.24) is 0 Å². The van der Waals surface area contributed by atoms with Crippen LogP contribution < -0.4 is 0 Å². The summed E-state index contributed by atoms with van der Waals surface area (Å²) in [5.41, 5.74) is 0.317. The smallest absolute Gasteiger partial charge is 0.0567 e. The molecule has 0 spiro atoms. The maximum Gasteiger partial charge on any atom is 0.0567 e. The highest BCUT2D eigenvalue weighted by Crippen LogP contribution is 2.22. The van der Waals surface area contributed by atoms with Crippen LogP contribution in [-0.4, -0.2) is 24.4 Å². The van der Waals surface area contributed by atoms with E-state index in [0.717, 1.165) is 19.3 Å². The number of hydrogen-bond donors (Lipinski definition) is 1. The lowest BCUT2D eigenvalue weighted by molar-refractivity contribution is 0.0480. The van der Waals surface area contributed by atoms with E-state index in [1.807, 2.05) is 6.92 Å². The van der Waals surface area contributed by atoms with E-state index < -0.39 is 0 Å². The van der Waals surface area contributed by atoms with Gasteiger partial charge in [-0.1, -0.05) is 20.8 Å². The molecule has 2 nitrogen and oxygen atoms in total. The van der Waals surface area contributed by atoms with Crippen molar-refractivity contribution in [3.05, 3.63) is 0 Å². The lowest BCUT2D eigenvalue weighted by atomic mass is 9.88. The number of methoxy groups -OCH3 is 1. The van der Waals surface area contributed by atoms with Gasteiger partial charge in [0.25, 0.3) is 0 Å². The third-order valence-electron chi connectivity index (χ3n) is 2.23. The highest BCUT2D eigenvalue weighted by molar-refractivity contribution is 4.67. The van der Waals surface area contributed by atoms with Gasteiger partial charge in [-0.15, -0.1) is 0 Å². The van der Waals surface area contributed by atoms with Gasteiger partial charge in [0.05, 0.1) is 12.2 Å². The van der Waals surface area contributed by atoms with Crippen LogP contribution in [0.15, 0.2) is 0 Å². The minimum atomic E-state index is -0.214. The van der Waals surface area contributed by atoms with Crippen molar-refractivity contribution in [1.29, 1.82) is 0 Å². The normalized spacial score (nSPS) is 17.1. The second kappa shape index (κ2) is 5.61. The highest BCUT2D eigenvalue weighted by atomic mass is 16.5. The molecule has 0 aromatic rings. The molecule has 0 bridgehead atoms. The van der Waals surface area contributed by atoms with Crippen molar-refractivity contribution in [2.45, 2.75) is 59.2 Å². The summed E-state index contributed by atoms with van der Waals surface area (Å²) in [6.07, 6.45) is 2.62. The minimum absolute atomic E-state index is 0.162. The lowest BCUT2D eigenvalue weighted by Gasteiger charge is -2.21. The van der Waals surface area contributed by atoms with Crippen molar-refractivity contribution < 1.29 is 9.84 Å². The molecule has 0 rings (SSSR count). The maximum absolute atomic E-state index is 9.63. The number of aliphatic hydroxyl groups is 1. The lowest BCUT2D eigenvalue weighted by Crippen LogP contribution is -2.19. The Morgan fingerprint density at radius 2 is 1.85 bits per heavy atom. The average Bonchev–Trinajstić information content (AvgIpc) is 1.99. The Balaban J connectivity index is 3.57. The zero-order chi connectivity index (χ0) is 10.5. The third kappa shape index (κ3) is 8.26. The first kappa shape index (κ1) is 12.9. The quantitative estimate of drug-likeness (QED) is 0.718. The summed E-state index contributed by atoms with van der Waals surface area (Å²) in [4.78, 5) is 0. The van der Waals surface area contributed by atoms with Crippen LogP contribution in [0.4, 0.5) is 0 Å². The summed E-state index contributed by atoms with van der Waals surface area (Å²) < 4.78 is 5.09. The molecular weight excluding hydrogens is 164 g/mol. The van der Waals surface area contributed by atoms with Gasteiger partial charge in [0.2, 0.25) is 0 Å². The Kier molecular flexibility index (Phi) is 5.57. The van der Waals surface area contributed by atoms with E-state index in [1.54, 1.807) is 7.11 Å². The van der Waals surface area contributed by atoms with Crippen LogP contribution in [0.25, 0.3) is 0 Å². The molecule has 0 aliphatic rings. The number of ether oxygens (including phenoxy) is 1. The summed E-state index contributed by atoms with van der Waals surface area (Å²) in [7, 11) is 1.68. The van der Waals surface area contributed by atoms with Crippen LogP contribution in [0.2, 0.25) is 0 Å². The van der Waals surface area contributed by atoms with Crippen molar-refractivity contribution >= 4 is 0 Å². The van der Waals surface area contributed by atoms with Gasteiger partial charge in [0.1, 0.15) is 0 Å². The van der Waals surface area contributed by atoms with Crippen molar-refractivity contribution in [2.75, 3.05) is 7.11 Å². The van der Waals surface area contributed by atoms with E-state index in [2.05, 4.69) is 20.8 Å². The van der Waals surface area contributed by atoms with Crippen LogP contribution in [-0.2, 0) is 4.74 Å². The Bertz CT molecular complexity index is 127. The van der Waals surface area contributed by atoms with Gasteiger partial charge in [-0.05, 0) is 31.6 Å². The fraction of sp³-hybridized carbons (Fsp3) is 1.00. The second-order valence-electron chi connectivity index (χ2n) is 5.04. The van der Waals surface area contributed by atoms with Gasteiger partial charge >= 0.3 is 0 Å². The van der Waals surface area contributed by atoms with E-state index in [4.69, 9.17) is 4.74 Å². The van der Waals surface area contributed by atoms with Gasteiger partial charge in [-0.25, -0.2) is 0 Å². The van der Waals surface area contributed by atoms with Gasteiger partial charge in [0.15, 0.2) is 0 Å². The number of rotatable bonds is 5. The van der Waals surface area contributed by atoms with Crippen LogP contribution >= 0.6 is 0 Å². The minimum Gasteiger partial charge on any atom is -0.393 e. The molecule has 0 aliphatic heterocycles. The van der Waals surface area contributed by atoms with Crippen molar-refractivity contribution in [3.8, 4) is 0 Å². The molecular formula is C11H24O2. The highest BCUT2D eigenvalue weighted by Gasteiger charge is 2.15. The van der Waals surface area contributed by atoms with E-state index in [-0.39, 0.29) is 12.2 Å². The molecule has 0 aromatic heterocycles. The van der Waals surface area contributed by atoms with Crippen LogP contribution in [0.3, 0.4) is 0 Å². The molecule has 0 fully saturated rings. The fourth-order valence-electron chi connectivity index (χ4n) is 1.20. The molecule has 0 saturated heterocycles. The van der Waals surface area contributed by atoms with Gasteiger partial charge < -0.3 is 9.84 Å². The summed E-state index contributed by atoms with van der Waals surface area (Å²) in [5, 5.41) is 9.63. The summed E-state index contributed by atoms with van der Waals surface area (Å²) in [5.74, 6) is 0. The average molecular weight is 188 g/mol. The predicted octanol–water partition coefficient (Wildman–Crippen LogP) is 2.60. The molecule has 0 saturated carbocycles. The van der Waals surface area contributed by atoms with E-state index in [9.17, 15) is 5.11 Å². The van der Waals surface area contributed by atoms with Crippen LogP contribution in [0.1, 0.15) is 47.0 Å². The molecule has 2 atom stereocenters.